The largest absolute Gasteiger partial charge is 0.468 e. The molecule has 0 radical (unpaired) electrons. The lowest BCUT2D eigenvalue weighted by molar-refractivity contribution is -0.145. The van der Waals surface area contributed by atoms with E-state index in [0.717, 1.165) is 19.3 Å². The normalized spacial score (nSPS) is 17.9. The van der Waals surface area contributed by atoms with E-state index in [1.54, 1.807) is 0 Å². The zero-order valence-electron chi connectivity index (χ0n) is 8.41. The van der Waals surface area contributed by atoms with E-state index in [0.29, 0.717) is 12.1 Å². The Kier molecular flexibility index (Phi) is 3.68. The first kappa shape index (κ1) is 10.8. The number of hydrogen-bond acceptors (Lipinski definition) is 3. The van der Waals surface area contributed by atoms with Crippen LogP contribution in [0, 0.1) is 0 Å². The van der Waals surface area contributed by atoms with E-state index in [1.807, 2.05) is 0 Å². The summed E-state index contributed by atoms with van der Waals surface area (Å²) < 4.78 is 4.51. The predicted octanol–water partition coefficient (Wildman–Crippen LogP) is 0.728. The second-order valence-corrected chi connectivity index (χ2v) is 3.36. The molecule has 0 spiro atoms. The van der Waals surface area contributed by atoms with Gasteiger partial charge in [-0.3, -0.25) is 9.59 Å². The smallest absolute Gasteiger partial charge is 0.325 e. The van der Waals surface area contributed by atoms with Crippen LogP contribution in [-0.4, -0.2) is 37.0 Å². The van der Waals surface area contributed by atoms with Crippen molar-refractivity contribution in [2.75, 3.05) is 20.2 Å². The van der Waals surface area contributed by atoms with E-state index in [4.69, 9.17) is 0 Å². The average Bonchev–Trinajstić information content (AvgIpc) is 2.33. The van der Waals surface area contributed by atoms with Crippen LogP contribution in [0.2, 0.25) is 0 Å². The molecule has 0 aromatic heterocycles. The Balaban J connectivity index is 2.61. The lowest BCUT2D eigenvalue weighted by Crippen LogP contribution is -2.36. The van der Waals surface area contributed by atoms with E-state index in [-0.39, 0.29) is 18.4 Å². The molecule has 0 aromatic rings. The molecule has 78 valence electrons. The van der Waals surface area contributed by atoms with Gasteiger partial charge in [0.05, 0.1) is 7.11 Å². The number of methoxy groups -OCH3 is 1. The molecule has 0 unspecified atom stereocenters. The van der Waals surface area contributed by atoms with Gasteiger partial charge in [-0.2, -0.15) is 0 Å². The Labute approximate surface area is 83.5 Å². The van der Waals surface area contributed by atoms with Gasteiger partial charge >= 0.3 is 5.97 Å². The lowest BCUT2D eigenvalue weighted by atomic mass is 10.1. The molecular weight excluding hydrogens is 182 g/mol. The number of nitrogens with zero attached hydrogens (tertiary/aromatic N) is 1. The Hall–Kier alpha value is -1.32. The molecule has 4 heteroatoms. The van der Waals surface area contributed by atoms with Gasteiger partial charge < -0.3 is 9.64 Å². The predicted molar refractivity (Wildman–Crippen MR) is 51.6 cm³/mol. The topological polar surface area (TPSA) is 46.6 Å². The van der Waals surface area contributed by atoms with Crippen molar-refractivity contribution in [2.45, 2.75) is 19.3 Å². The fourth-order valence-electron chi connectivity index (χ4n) is 1.44. The third-order valence-corrected chi connectivity index (χ3v) is 2.29. The van der Waals surface area contributed by atoms with Crippen molar-refractivity contribution in [1.29, 1.82) is 0 Å². The quantitative estimate of drug-likeness (QED) is 0.484. The summed E-state index contributed by atoms with van der Waals surface area (Å²) in [5, 5.41) is 0. The summed E-state index contributed by atoms with van der Waals surface area (Å²) >= 11 is 0. The van der Waals surface area contributed by atoms with Crippen molar-refractivity contribution in [3.05, 3.63) is 12.2 Å². The molecule has 1 aliphatic heterocycles. The van der Waals surface area contributed by atoms with Gasteiger partial charge in [0, 0.05) is 12.1 Å². The number of hydrogen-bond donors (Lipinski definition) is 0. The number of carbonyl (C=O) groups excluding carboxylic acids is 2. The van der Waals surface area contributed by atoms with Crippen LogP contribution in [0.5, 0.6) is 0 Å². The summed E-state index contributed by atoms with van der Waals surface area (Å²) in [4.78, 5) is 24.1. The molecule has 14 heavy (non-hydrogen) atoms. The van der Waals surface area contributed by atoms with Crippen molar-refractivity contribution in [1.82, 2.24) is 4.90 Å². The summed E-state index contributed by atoms with van der Waals surface area (Å²) in [6, 6.07) is 0. The van der Waals surface area contributed by atoms with Gasteiger partial charge in [0.25, 0.3) is 0 Å². The first-order chi connectivity index (χ1) is 6.65. The number of esters is 1. The van der Waals surface area contributed by atoms with Crippen LogP contribution in [0.25, 0.3) is 0 Å². The molecule has 0 bridgehead atoms. The van der Waals surface area contributed by atoms with E-state index in [9.17, 15) is 9.59 Å². The second-order valence-electron chi connectivity index (χ2n) is 3.36. The van der Waals surface area contributed by atoms with E-state index in [1.165, 1.54) is 12.0 Å². The van der Waals surface area contributed by atoms with Gasteiger partial charge in [-0.15, -0.1) is 0 Å². The zero-order valence-corrected chi connectivity index (χ0v) is 8.41. The molecular formula is C10H15NO3. The minimum Gasteiger partial charge on any atom is -0.468 e. The highest BCUT2D eigenvalue weighted by molar-refractivity contribution is 5.94. The fraction of sp³-hybridized carbons (Fsp3) is 0.600. The molecule has 1 fully saturated rings. The van der Waals surface area contributed by atoms with Crippen LogP contribution in [0.1, 0.15) is 19.3 Å². The summed E-state index contributed by atoms with van der Waals surface area (Å²) in [6.45, 7) is 4.35. The maximum atomic E-state index is 11.6. The lowest BCUT2D eigenvalue weighted by Gasteiger charge is -2.18. The Morgan fingerprint density at radius 3 is 2.93 bits per heavy atom. The Morgan fingerprint density at radius 2 is 2.29 bits per heavy atom. The molecule has 1 rings (SSSR count). The third kappa shape index (κ3) is 2.58. The van der Waals surface area contributed by atoms with Crippen LogP contribution in [0.3, 0.4) is 0 Å². The molecule has 0 aromatic carbocycles. The van der Waals surface area contributed by atoms with Gasteiger partial charge in [0.1, 0.15) is 6.54 Å². The van der Waals surface area contributed by atoms with E-state index >= 15 is 0 Å². The maximum absolute atomic E-state index is 11.6. The van der Waals surface area contributed by atoms with Crippen LogP contribution in [0.15, 0.2) is 12.2 Å². The van der Waals surface area contributed by atoms with Gasteiger partial charge in [0.2, 0.25) is 5.91 Å². The summed E-state index contributed by atoms with van der Waals surface area (Å²) in [5.74, 6) is -0.499. The molecule has 1 amide bonds. The van der Waals surface area contributed by atoms with E-state index < -0.39 is 0 Å². The minimum atomic E-state index is -0.381. The van der Waals surface area contributed by atoms with Crippen molar-refractivity contribution in [2.24, 2.45) is 0 Å². The van der Waals surface area contributed by atoms with Crippen molar-refractivity contribution in [3.63, 3.8) is 0 Å². The van der Waals surface area contributed by atoms with Crippen molar-refractivity contribution >= 4 is 11.9 Å². The second kappa shape index (κ2) is 4.79. The highest BCUT2D eigenvalue weighted by Crippen LogP contribution is 2.14. The highest BCUT2D eigenvalue weighted by atomic mass is 16.5. The van der Waals surface area contributed by atoms with Gasteiger partial charge in [-0.05, 0) is 19.3 Å². The van der Waals surface area contributed by atoms with Crippen molar-refractivity contribution in [3.8, 4) is 0 Å². The summed E-state index contributed by atoms with van der Waals surface area (Å²) in [5.41, 5.74) is 0.589. The highest BCUT2D eigenvalue weighted by Gasteiger charge is 2.21. The van der Waals surface area contributed by atoms with Crippen LogP contribution < -0.4 is 0 Å². The molecule has 0 aliphatic carbocycles. The summed E-state index contributed by atoms with van der Waals surface area (Å²) in [6.07, 6.45) is 2.61. The first-order valence-electron chi connectivity index (χ1n) is 4.69. The Morgan fingerprint density at radius 1 is 1.57 bits per heavy atom. The average molecular weight is 197 g/mol. The third-order valence-electron chi connectivity index (χ3n) is 2.29. The molecule has 0 N–H and O–H groups in total. The van der Waals surface area contributed by atoms with Crippen LogP contribution in [-0.2, 0) is 14.3 Å². The van der Waals surface area contributed by atoms with E-state index in [2.05, 4.69) is 11.3 Å². The number of amides is 1. The monoisotopic (exact) mass is 197 g/mol. The number of carbonyl (C=O) groups is 2. The molecule has 1 heterocycles. The zero-order chi connectivity index (χ0) is 10.6. The van der Waals surface area contributed by atoms with Gasteiger partial charge in [-0.25, -0.2) is 0 Å². The standard InChI is InChI=1S/C10H15NO3/c1-8-5-3-4-6-11(10(8)13)7-9(12)14-2/h1,3-7H2,2H3. The van der Waals surface area contributed by atoms with Gasteiger partial charge in [0.15, 0.2) is 0 Å². The molecule has 1 saturated heterocycles. The number of ether oxygens (including phenoxy) is 1. The summed E-state index contributed by atoms with van der Waals surface area (Å²) in [7, 11) is 1.32. The maximum Gasteiger partial charge on any atom is 0.325 e. The van der Waals surface area contributed by atoms with Crippen LogP contribution >= 0.6 is 0 Å². The molecule has 0 saturated carbocycles. The molecule has 4 nitrogen and oxygen atoms in total. The Bertz CT molecular complexity index is 260. The number of likely N-dealkylation sites (tertiary alicyclic amines) is 1. The van der Waals surface area contributed by atoms with Crippen LogP contribution in [0.4, 0.5) is 0 Å². The molecule has 0 atom stereocenters. The fourth-order valence-corrected chi connectivity index (χ4v) is 1.44. The number of rotatable bonds is 2. The SMILES string of the molecule is C=C1CCCCN(CC(=O)OC)C1=O. The minimum absolute atomic E-state index is 0.0361. The van der Waals surface area contributed by atoms with Crippen molar-refractivity contribution < 1.29 is 14.3 Å². The first-order valence-corrected chi connectivity index (χ1v) is 4.69. The molecule has 1 aliphatic rings. The van der Waals surface area contributed by atoms with Gasteiger partial charge in [-0.1, -0.05) is 6.58 Å².